The van der Waals surface area contributed by atoms with Crippen molar-refractivity contribution in [2.75, 3.05) is 0 Å². The molecule has 0 amide bonds. The van der Waals surface area contributed by atoms with E-state index in [9.17, 15) is 9.59 Å². The van der Waals surface area contributed by atoms with E-state index in [1.807, 2.05) is 0 Å². The summed E-state index contributed by atoms with van der Waals surface area (Å²) in [6, 6.07) is -1.47. The van der Waals surface area contributed by atoms with Gasteiger partial charge in [0.2, 0.25) is 0 Å². The van der Waals surface area contributed by atoms with Crippen LogP contribution in [-0.4, -0.2) is 33.4 Å². The maximum Gasteiger partial charge on any atom is 0.323 e. The van der Waals surface area contributed by atoms with Gasteiger partial charge >= 0.3 is 11.9 Å². The Labute approximate surface area is 62.4 Å². The zero-order chi connectivity index (χ0) is 9.02. The average molecular weight is 163 g/mol. The SMILES string of the molecule is CC(C(=O)O)C(NO)C(=O)O. The molecular formula is C5H9NO5. The monoisotopic (exact) mass is 163 g/mol. The van der Waals surface area contributed by atoms with Gasteiger partial charge in [-0.3, -0.25) is 9.59 Å². The van der Waals surface area contributed by atoms with Gasteiger partial charge in [-0.2, -0.15) is 5.48 Å². The fraction of sp³-hybridized carbons (Fsp3) is 0.600. The largest absolute Gasteiger partial charge is 0.481 e. The molecule has 0 saturated heterocycles. The lowest BCUT2D eigenvalue weighted by molar-refractivity contribution is -0.153. The van der Waals surface area contributed by atoms with Crippen molar-refractivity contribution in [3.63, 3.8) is 0 Å². The lowest BCUT2D eigenvalue weighted by atomic mass is 10.0. The van der Waals surface area contributed by atoms with Gasteiger partial charge < -0.3 is 15.4 Å². The van der Waals surface area contributed by atoms with Crippen LogP contribution in [0.4, 0.5) is 0 Å². The molecule has 11 heavy (non-hydrogen) atoms. The summed E-state index contributed by atoms with van der Waals surface area (Å²) >= 11 is 0. The van der Waals surface area contributed by atoms with Crippen molar-refractivity contribution < 1.29 is 25.0 Å². The normalized spacial score (nSPS) is 15.5. The molecule has 0 rings (SSSR count). The summed E-state index contributed by atoms with van der Waals surface area (Å²) in [5, 5.41) is 24.8. The second-order valence-electron chi connectivity index (χ2n) is 2.07. The van der Waals surface area contributed by atoms with E-state index in [1.165, 1.54) is 12.4 Å². The van der Waals surface area contributed by atoms with Crippen molar-refractivity contribution in [3.05, 3.63) is 0 Å². The number of carboxylic acid groups (broad SMARTS) is 2. The zero-order valence-electron chi connectivity index (χ0n) is 5.81. The number of nitrogens with one attached hydrogen (secondary N) is 1. The third-order valence-corrected chi connectivity index (χ3v) is 1.29. The predicted octanol–water partition coefficient (Wildman–Crippen LogP) is -0.861. The van der Waals surface area contributed by atoms with Gasteiger partial charge in [0.05, 0.1) is 5.92 Å². The van der Waals surface area contributed by atoms with E-state index in [4.69, 9.17) is 15.4 Å². The third-order valence-electron chi connectivity index (χ3n) is 1.29. The maximum absolute atomic E-state index is 10.2. The Kier molecular flexibility index (Phi) is 3.49. The minimum atomic E-state index is -1.47. The molecule has 0 aliphatic rings. The molecule has 0 fully saturated rings. The van der Waals surface area contributed by atoms with E-state index in [0.29, 0.717) is 0 Å². The highest BCUT2D eigenvalue weighted by Crippen LogP contribution is 2.02. The number of hydroxylamine groups is 1. The Balaban J connectivity index is 4.25. The molecule has 2 unspecified atom stereocenters. The highest BCUT2D eigenvalue weighted by Gasteiger charge is 2.28. The van der Waals surface area contributed by atoms with Crippen LogP contribution in [0, 0.1) is 5.92 Å². The molecule has 0 aliphatic heterocycles. The van der Waals surface area contributed by atoms with Gasteiger partial charge in [-0.15, -0.1) is 0 Å². The van der Waals surface area contributed by atoms with E-state index in [0.717, 1.165) is 0 Å². The van der Waals surface area contributed by atoms with Crippen LogP contribution in [-0.2, 0) is 9.59 Å². The van der Waals surface area contributed by atoms with E-state index >= 15 is 0 Å². The van der Waals surface area contributed by atoms with Gasteiger partial charge in [-0.05, 0) is 6.92 Å². The Hall–Kier alpha value is -1.14. The molecule has 0 spiro atoms. The van der Waals surface area contributed by atoms with E-state index in [1.54, 1.807) is 0 Å². The third kappa shape index (κ3) is 2.52. The lowest BCUT2D eigenvalue weighted by Crippen LogP contribution is -2.43. The minimum Gasteiger partial charge on any atom is -0.481 e. The topological polar surface area (TPSA) is 107 Å². The van der Waals surface area contributed by atoms with Crippen molar-refractivity contribution in [3.8, 4) is 0 Å². The van der Waals surface area contributed by atoms with Crippen LogP contribution >= 0.6 is 0 Å². The van der Waals surface area contributed by atoms with Gasteiger partial charge in [-0.1, -0.05) is 0 Å². The summed E-state index contributed by atoms with van der Waals surface area (Å²) in [6.45, 7) is 1.18. The van der Waals surface area contributed by atoms with Crippen molar-refractivity contribution >= 4 is 11.9 Å². The minimum absolute atomic E-state index is 1.17. The molecule has 0 saturated carbocycles. The number of hydrogen-bond acceptors (Lipinski definition) is 4. The maximum atomic E-state index is 10.2. The lowest BCUT2D eigenvalue weighted by Gasteiger charge is -2.13. The fourth-order valence-electron chi connectivity index (χ4n) is 0.523. The fourth-order valence-corrected chi connectivity index (χ4v) is 0.523. The van der Waals surface area contributed by atoms with Gasteiger partial charge in [0.15, 0.2) is 0 Å². The number of rotatable bonds is 4. The molecule has 0 aliphatic carbocycles. The van der Waals surface area contributed by atoms with Crippen molar-refractivity contribution in [1.29, 1.82) is 0 Å². The van der Waals surface area contributed by atoms with Gasteiger partial charge in [0.25, 0.3) is 0 Å². The Morgan fingerprint density at radius 3 is 1.82 bits per heavy atom. The molecule has 0 aromatic rings. The second kappa shape index (κ2) is 3.89. The molecule has 64 valence electrons. The van der Waals surface area contributed by atoms with Crippen LogP contribution < -0.4 is 5.48 Å². The summed E-state index contributed by atoms with van der Waals surface area (Å²) in [7, 11) is 0. The van der Waals surface area contributed by atoms with Crippen molar-refractivity contribution in [1.82, 2.24) is 5.48 Å². The second-order valence-corrected chi connectivity index (χ2v) is 2.07. The average Bonchev–Trinajstić information content (AvgIpc) is 1.88. The highest BCUT2D eigenvalue weighted by molar-refractivity contribution is 5.82. The van der Waals surface area contributed by atoms with Crippen LogP contribution in [0.1, 0.15) is 6.92 Å². The molecule has 0 bridgehead atoms. The Morgan fingerprint density at radius 1 is 1.27 bits per heavy atom. The summed E-state index contributed by atoms with van der Waals surface area (Å²) in [5.41, 5.74) is 1.40. The molecule has 0 heterocycles. The first-order valence-corrected chi connectivity index (χ1v) is 2.86. The smallest absolute Gasteiger partial charge is 0.323 e. The van der Waals surface area contributed by atoms with E-state index in [-0.39, 0.29) is 0 Å². The zero-order valence-corrected chi connectivity index (χ0v) is 5.81. The molecule has 6 heteroatoms. The Bertz CT molecular complexity index is 168. The van der Waals surface area contributed by atoms with Gasteiger partial charge in [0.1, 0.15) is 6.04 Å². The highest BCUT2D eigenvalue weighted by atomic mass is 16.5. The molecule has 4 N–H and O–H groups in total. The molecule has 0 aromatic carbocycles. The van der Waals surface area contributed by atoms with Crippen molar-refractivity contribution in [2.24, 2.45) is 5.92 Å². The summed E-state index contributed by atoms with van der Waals surface area (Å²) in [5.74, 6) is -3.85. The molecular weight excluding hydrogens is 154 g/mol. The summed E-state index contributed by atoms with van der Waals surface area (Å²) in [6.07, 6.45) is 0. The molecule has 0 radical (unpaired) electrons. The number of carboxylic acids is 2. The van der Waals surface area contributed by atoms with E-state index < -0.39 is 23.9 Å². The predicted molar refractivity (Wildman–Crippen MR) is 33.1 cm³/mol. The Morgan fingerprint density at radius 2 is 1.73 bits per heavy atom. The quantitative estimate of drug-likeness (QED) is 0.402. The molecule has 2 atom stereocenters. The first kappa shape index (κ1) is 9.86. The van der Waals surface area contributed by atoms with Gasteiger partial charge in [-0.25, -0.2) is 0 Å². The summed E-state index contributed by atoms with van der Waals surface area (Å²) in [4.78, 5) is 20.4. The van der Waals surface area contributed by atoms with Crippen LogP contribution in [0.3, 0.4) is 0 Å². The standard InChI is InChI=1S/C5H9NO5/c1-2(4(7)8)3(6-11)5(9)10/h2-3,6,11H,1H3,(H,7,8)(H,9,10). The van der Waals surface area contributed by atoms with E-state index in [2.05, 4.69) is 0 Å². The van der Waals surface area contributed by atoms with Crippen LogP contribution in [0.2, 0.25) is 0 Å². The van der Waals surface area contributed by atoms with Crippen LogP contribution in [0.15, 0.2) is 0 Å². The van der Waals surface area contributed by atoms with Crippen LogP contribution in [0.25, 0.3) is 0 Å². The number of hydrogen-bond donors (Lipinski definition) is 4. The number of carbonyl (C=O) groups is 2. The number of aliphatic carboxylic acids is 2. The molecule has 6 nitrogen and oxygen atoms in total. The first-order chi connectivity index (χ1) is 5.00. The van der Waals surface area contributed by atoms with Crippen molar-refractivity contribution in [2.45, 2.75) is 13.0 Å². The van der Waals surface area contributed by atoms with Crippen LogP contribution in [0.5, 0.6) is 0 Å². The van der Waals surface area contributed by atoms with Gasteiger partial charge in [0, 0.05) is 0 Å². The summed E-state index contributed by atoms with van der Waals surface area (Å²) < 4.78 is 0. The molecule has 0 aromatic heterocycles. The first-order valence-electron chi connectivity index (χ1n) is 2.86.